The van der Waals surface area contributed by atoms with Crippen molar-refractivity contribution >= 4 is 17.3 Å². The number of halogens is 3. The molecule has 0 aromatic heterocycles. The highest BCUT2D eigenvalue weighted by Crippen LogP contribution is 2.24. The van der Waals surface area contributed by atoms with E-state index in [4.69, 9.17) is 5.73 Å². The Kier molecular flexibility index (Phi) is 3.93. The predicted molar refractivity (Wildman–Crippen MR) is 69.5 cm³/mol. The third kappa shape index (κ3) is 3.09. The molecule has 0 fully saturated rings. The molecule has 0 spiro atoms. The predicted octanol–water partition coefficient (Wildman–Crippen LogP) is 2.87. The normalized spacial score (nSPS) is 10.3. The molecule has 2 aromatic carbocycles. The van der Waals surface area contributed by atoms with Crippen molar-refractivity contribution < 1.29 is 18.0 Å². The fraction of sp³-hybridized carbons (Fsp3) is 0.0714. The molecule has 0 heterocycles. The highest BCUT2D eigenvalue weighted by atomic mass is 19.2. The average Bonchev–Trinajstić information content (AvgIpc) is 2.42. The summed E-state index contributed by atoms with van der Waals surface area (Å²) in [5.41, 5.74) is 5.49. The van der Waals surface area contributed by atoms with Crippen LogP contribution in [0.2, 0.25) is 0 Å². The van der Waals surface area contributed by atoms with Crippen LogP contribution in [0.5, 0.6) is 0 Å². The highest BCUT2D eigenvalue weighted by Gasteiger charge is 2.12. The van der Waals surface area contributed by atoms with Gasteiger partial charge >= 0.3 is 0 Å². The summed E-state index contributed by atoms with van der Waals surface area (Å²) in [5, 5.41) is 2.38. The number of carbonyl (C=O) groups excluding carboxylic acids is 1. The lowest BCUT2D eigenvalue weighted by Gasteiger charge is -2.09. The summed E-state index contributed by atoms with van der Waals surface area (Å²) in [4.78, 5) is 11.7. The lowest BCUT2D eigenvalue weighted by molar-refractivity contribution is -0.115. The lowest BCUT2D eigenvalue weighted by Crippen LogP contribution is -2.16. The van der Waals surface area contributed by atoms with Gasteiger partial charge in [0.05, 0.1) is 17.8 Å². The monoisotopic (exact) mass is 280 g/mol. The van der Waals surface area contributed by atoms with E-state index in [1.807, 2.05) is 0 Å². The van der Waals surface area contributed by atoms with Crippen LogP contribution >= 0.6 is 0 Å². The first-order valence-corrected chi connectivity index (χ1v) is 5.75. The molecule has 0 radical (unpaired) electrons. The smallest absolute Gasteiger partial charge is 0.228 e. The summed E-state index contributed by atoms with van der Waals surface area (Å²) in [6, 6.07) is 7.44. The van der Waals surface area contributed by atoms with E-state index in [0.29, 0.717) is 5.56 Å². The van der Waals surface area contributed by atoms with Crippen molar-refractivity contribution in [2.24, 2.45) is 0 Å². The van der Waals surface area contributed by atoms with Crippen LogP contribution in [-0.4, -0.2) is 5.91 Å². The van der Waals surface area contributed by atoms with E-state index < -0.39 is 29.0 Å². The molecule has 3 nitrogen and oxygen atoms in total. The standard InChI is InChI=1S/C14H11F3N2O/c15-9-3-1-8(2-4-9)7-12(20)19-11-6-5-10(16)13(17)14(11)18/h1-6H,7,18H2,(H,19,20). The Bertz CT molecular complexity index is 642. The molecule has 0 aliphatic carbocycles. The van der Waals surface area contributed by atoms with Crippen LogP contribution in [0.15, 0.2) is 36.4 Å². The van der Waals surface area contributed by atoms with Gasteiger partial charge in [-0.05, 0) is 29.8 Å². The zero-order valence-corrected chi connectivity index (χ0v) is 10.3. The first-order valence-electron chi connectivity index (χ1n) is 5.75. The van der Waals surface area contributed by atoms with Gasteiger partial charge in [-0.2, -0.15) is 0 Å². The van der Waals surface area contributed by atoms with Crippen LogP contribution in [0.3, 0.4) is 0 Å². The van der Waals surface area contributed by atoms with Gasteiger partial charge in [0.25, 0.3) is 0 Å². The van der Waals surface area contributed by atoms with Gasteiger partial charge in [-0.25, -0.2) is 13.2 Å². The second-order valence-corrected chi connectivity index (χ2v) is 4.17. The van der Waals surface area contributed by atoms with Crippen LogP contribution < -0.4 is 11.1 Å². The minimum atomic E-state index is -1.20. The fourth-order valence-electron chi connectivity index (χ4n) is 1.66. The van der Waals surface area contributed by atoms with Crippen molar-refractivity contribution in [2.75, 3.05) is 11.1 Å². The third-order valence-corrected chi connectivity index (χ3v) is 2.68. The SMILES string of the molecule is Nc1c(NC(=O)Cc2ccc(F)cc2)ccc(F)c1F. The van der Waals surface area contributed by atoms with Gasteiger partial charge in [-0.1, -0.05) is 12.1 Å². The summed E-state index contributed by atoms with van der Waals surface area (Å²) in [6.45, 7) is 0. The van der Waals surface area contributed by atoms with Crippen molar-refractivity contribution in [1.82, 2.24) is 0 Å². The number of anilines is 2. The Morgan fingerprint density at radius 2 is 1.70 bits per heavy atom. The van der Waals surface area contributed by atoms with Crippen molar-refractivity contribution in [1.29, 1.82) is 0 Å². The summed E-state index contributed by atoms with van der Waals surface area (Å²) >= 11 is 0. The van der Waals surface area contributed by atoms with E-state index in [9.17, 15) is 18.0 Å². The molecular weight excluding hydrogens is 269 g/mol. The van der Waals surface area contributed by atoms with E-state index >= 15 is 0 Å². The molecule has 0 bridgehead atoms. The number of carbonyl (C=O) groups is 1. The number of hydrogen-bond donors (Lipinski definition) is 2. The van der Waals surface area contributed by atoms with Crippen LogP contribution in [0.1, 0.15) is 5.56 Å². The van der Waals surface area contributed by atoms with Crippen molar-refractivity contribution in [2.45, 2.75) is 6.42 Å². The van der Waals surface area contributed by atoms with Crippen molar-refractivity contribution in [3.05, 3.63) is 59.4 Å². The van der Waals surface area contributed by atoms with Gasteiger partial charge in [-0.3, -0.25) is 4.79 Å². The van der Waals surface area contributed by atoms with Gasteiger partial charge in [0.2, 0.25) is 5.91 Å². The van der Waals surface area contributed by atoms with Crippen LogP contribution in [-0.2, 0) is 11.2 Å². The molecule has 20 heavy (non-hydrogen) atoms. The molecule has 2 aromatic rings. The maximum atomic E-state index is 13.2. The Morgan fingerprint density at radius 3 is 2.35 bits per heavy atom. The van der Waals surface area contributed by atoms with E-state index in [1.165, 1.54) is 30.3 Å². The van der Waals surface area contributed by atoms with Crippen LogP contribution in [0.4, 0.5) is 24.5 Å². The Labute approximate surface area is 113 Å². The Hall–Kier alpha value is -2.50. The molecule has 6 heteroatoms. The molecule has 0 aliphatic heterocycles. The van der Waals surface area contributed by atoms with Crippen LogP contribution in [0, 0.1) is 17.5 Å². The summed E-state index contributed by atoms with van der Waals surface area (Å²) in [7, 11) is 0. The molecule has 0 aliphatic rings. The number of amides is 1. The highest BCUT2D eigenvalue weighted by molar-refractivity contribution is 5.95. The second-order valence-electron chi connectivity index (χ2n) is 4.17. The average molecular weight is 280 g/mol. The Balaban J connectivity index is 2.08. The first kappa shape index (κ1) is 13.9. The van der Waals surface area contributed by atoms with Gasteiger partial charge < -0.3 is 11.1 Å². The molecule has 3 N–H and O–H groups in total. The lowest BCUT2D eigenvalue weighted by atomic mass is 10.1. The van der Waals surface area contributed by atoms with Crippen molar-refractivity contribution in [3.8, 4) is 0 Å². The maximum absolute atomic E-state index is 13.2. The summed E-state index contributed by atoms with van der Waals surface area (Å²) in [6.07, 6.45) is -0.0291. The topological polar surface area (TPSA) is 55.1 Å². The number of nitrogen functional groups attached to an aromatic ring is 1. The van der Waals surface area contributed by atoms with Gasteiger partial charge in [-0.15, -0.1) is 0 Å². The molecule has 0 saturated carbocycles. The molecule has 0 saturated heterocycles. The number of nitrogens with two attached hydrogens (primary N) is 1. The van der Waals surface area contributed by atoms with E-state index in [0.717, 1.165) is 6.07 Å². The fourth-order valence-corrected chi connectivity index (χ4v) is 1.66. The van der Waals surface area contributed by atoms with E-state index in [-0.39, 0.29) is 12.1 Å². The largest absolute Gasteiger partial charge is 0.395 e. The Morgan fingerprint density at radius 1 is 1.05 bits per heavy atom. The van der Waals surface area contributed by atoms with Gasteiger partial charge in [0, 0.05) is 0 Å². The minimum Gasteiger partial charge on any atom is -0.395 e. The van der Waals surface area contributed by atoms with Gasteiger partial charge in [0.15, 0.2) is 11.6 Å². The molecule has 1 amide bonds. The van der Waals surface area contributed by atoms with Gasteiger partial charge in [0.1, 0.15) is 5.82 Å². The van der Waals surface area contributed by atoms with Crippen LogP contribution in [0.25, 0.3) is 0 Å². The molecule has 0 unspecified atom stereocenters. The quantitative estimate of drug-likeness (QED) is 0.849. The zero-order chi connectivity index (χ0) is 14.7. The number of rotatable bonds is 3. The third-order valence-electron chi connectivity index (χ3n) is 2.68. The van der Waals surface area contributed by atoms with Crippen molar-refractivity contribution in [3.63, 3.8) is 0 Å². The number of hydrogen-bond acceptors (Lipinski definition) is 2. The number of benzene rings is 2. The summed E-state index contributed by atoms with van der Waals surface area (Å²) < 4.78 is 38.8. The molecule has 104 valence electrons. The van der Waals surface area contributed by atoms with E-state index in [1.54, 1.807) is 0 Å². The minimum absolute atomic E-state index is 0.00369. The molecule has 2 rings (SSSR count). The first-order chi connectivity index (χ1) is 9.47. The zero-order valence-electron chi connectivity index (χ0n) is 10.3. The molecular formula is C14H11F3N2O. The molecule has 0 atom stereocenters. The second kappa shape index (κ2) is 5.64. The van der Waals surface area contributed by atoms with E-state index in [2.05, 4.69) is 5.32 Å². The summed E-state index contributed by atoms with van der Waals surface area (Å²) in [5.74, 6) is -3.16. The number of nitrogens with one attached hydrogen (secondary N) is 1. The maximum Gasteiger partial charge on any atom is 0.228 e.